The second-order valence-corrected chi connectivity index (χ2v) is 10.5. The van der Waals surface area contributed by atoms with Crippen molar-refractivity contribution in [1.29, 1.82) is 0 Å². The highest BCUT2D eigenvalue weighted by molar-refractivity contribution is 7.90. The molecule has 0 atom stereocenters. The Bertz CT molecular complexity index is 1250. The summed E-state index contributed by atoms with van der Waals surface area (Å²) in [5, 5.41) is 0.568. The monoisotopic (exact) mass is 439 g/mol. The van der Waals surface area contributed by atoms with Gasteiger partial charge in [-0.3, -0.25) is 4.79 Å². The van der Waals surface area contributed by atoms with Crippen LogP contribution in [0.4, 0.5) is 0 Å². The van der Waals surface area contributed by atoms with E-state index in [-0.39, 0.29) is 22.7 Å². The van der Waals surface area contributed by atoms with Crippen LogP contribution in [0.5, 0.6) is 0 Å². The maximum atomic E-state index is 13.8. The number of fused-ring (bicyclic) bond motifs is 1. The van der Waals surface area contributed by atoms with Crippen LogP contribution in [0.2, 0.25) is 0 Å². The summed E-state index contributed by atoms with van der Waals surface area (Å²) in [4.78, 5) is 13.2. The van der Waals surface area contributed by atoms with E-state index in [0.29, 0.717) is 16.5 Å². The first-order valence-electron chi connectivity index (χ1n) is 10.3. The Kier molecular flexibility index (Phi) is 5.15. The fourth-order valence-corrected chi connectivity index (χ4v) is 5.39. The third-order valence-corrected chi connectivity index (χ3v) is 7.97. The van der Waals surface area contributed by atoms with Crippen LogP contribution in [-0.4, -0.2) is 36.5 Å². The lowest BCUT2D eigenvalue weighted by Gasteiger charge is -2.32. The van der Waals surface area contributed by atoms with Crippen LogP contribution in [0.15, 0.2) is 59.5 Å². The highest BCUT2D eigenvalue weighted by Gasteiger charge is 2.54. The summed E-state index contributed by atoms with van der Waals surface area (Å²) in [6.45, 7) is 9.34. The largest absolute Gasteiger partial charge is 0.514 e. The Balaban J connectivity index is 2.09. The lowest BCUT2D eigenvalue weighted by atomic mass is 9.80. The van der Waals surface area contributed by atoms with Gasteiger partial charge in [0.15, 0.2) is 5.78 Å². The van der Waals surface area contributed by atoms with Crippen molar-refractivity contribution < 1.29 is 22.5 Å². The van der Waals surface area contributed by atoms with Crippen molar-refractivity contribution in [3.05, 3.63) is 60.2 Å². The fraction of sp³-hybridized carbons (Fsp3) is 0.348. The van der Waals surface area contributed by atoms with Crippen LogP contribution in [-0.2, 0) is 19.3 Å². The minimum absolute atomic E-state index is 0.129. The normalized spacial score (nSPS) is 17.9. The molecule has 0 radical (unpaired) electrons. The number of benzene rings is 2. The van der Waals surface area contributed by atoms with Crippen LogP contribution < -0.4 is 5.59 Å². The first kappa shape index (κ1) is 21.8. The Morgan fingerprint density at radius 1 is 0.935 bits per heavy atom. The quantitative estimate of drug-likeness (QED) is 0.447. The summed E-state index contributed by atoms with van der Waals surface area (Å²) in [7, 11) is -5.04. The van der Waals surface area contributed by atoms with Crippen molar-refractivity contribution in [2.45, 2.75) is 57.1 Å². The molecule has 0 unspecified atom stereocenters. The zero-order valence-electron chi connectivity index (χ0n) is 18.4. The van der Waals surface area contributed by atoms with Crippen molar-refractivity contribution in [2.75, 3.05) is 0 Å². The van der Waals surface area contributed by atoms with E-state index < -0.39 is 28.3 Å². The number of hydrogen-bond donors (Lipinski definition) is 0. The lowest BCUT2D eigenvalue weighted by molar-refractivity contribution is 0.00578. The van der Waals surface area contributed by atoms with Gasteiger partial charge in [-0.2, -0.15) is 0 Å². The topological polar surface area (TPSA) is 74.6 Å². The van der Waals surface area contributed by atoms with E-state index >= 15 is 0 Å². The molecule has 3 aromatic rings. The van der Waals surface area contributed by atoms with E-state index in [2.05, 4.69) is 0 Å². The Morgan fingerprint density at radius 2 is 1.48 bits per heavy atom. The smallest absolute Gasteiger partial charge is 0.398 e. The molecule has 0 bridgehead atoms. The van der Waals surface area contributed by atoms with E-state index in [1.807, 2.05) is 27.7 Å². The van der Waals surface area contributed by atoms with Gasteiger partial charge in [0.25, 0.3) is 10.0 Å². The zero-order valence-corrected chi connectivity index (χ0v) is 19.2. The number of carbonyl (C=O) groups is 1. The van der Waals surface area contributed by atoms with Crippen molar-refractivity contribution in [1.82, 2.24) is 3.97 Å². The fourth-order valence-electron chi connectivity index (χ4n) is 3.83. The molecule has 0 saturated carbocycles. The van der Waals surface area contributed by atoms with Gasteiger partial charge in [-0.15, -0.1) is 0 Å². The first-order chi connectivity index (χ1) is 14.5. The molecule has 6 nitrogen and oxygen atoms in total. The van der Waals surface area contributed by atoms with Crippen molar-refractivity contribution >= 4 is 39.4 Å². The number of hydrogen-bond acceptors (Lipinski definition) is 5. The highest BCUT2D eigenvalue weighted by Crippen LogP contribution is 2.38. The molecule has 0 aliphatic carbocycles. The summed E-state index contributed by atoms with van der Waals surface area (Å²) >= 11 is 0. The highest BCUT2D eigenvalue weighted by atomic mass is 32.2. The summed E-state index contributed by atoms with van der Waals surface area (Å²) in [6, 6.07) is 15.2. The summed E-state index contributed by atoms with van der Waals surface area (Å²) < 4.78 is 41.3. The number of nitrogens with zero attached hydrogens (tertiary/aromatic N) is 1. The molecule has 162 valence electrons. The number of rotatable bonds is 5. The van der Waals surface area contributed by atoms with Gasteiger partial charge in [-0.25, -0.2) is 12.4 Å². The summed E-state index contributed by atoms with van der Waals surface area (Å²) in [5.74, 6) is -0.164. The number of carbonyl (C=O) groups excluding carboxylic acids is 1. The number of ketones is 1. The summed E-state index contributed by atoms with van der Waals surface area (Å²) in [5.41, 5.74) is -0.413. The Morgan fingerprint density at radius 3 is 2.06 bits per heavy atom. The van der Waals surface area contributed by atoms with Crippen LogP contribution in [0.25, 0.3) is 10.9 Å². The van der Waals surface area contributed by atoms with Gasteiger partial charge in [0.1, 0.15) is 0 Å². The van der Waals surface area contributed by atoms with Gasteiger partial charge < -0.3 is 9.31 Å². The van der Waals surface area contributed by atoms with Crippen LogP contribution in [0.3, 0.4) is 0 Å². The molecule has 0 N–H and O–H groups in total. The van der Waals surface area contributed by atoms with Gasteiger partial charge in [-0.05, 0) is 45.9 Å². The van der Waals surface area contributed by atoms with Crippen LogP contribution in [0.1, 0.15) is 51.4 Å². The number of para-hydroxylation sites is 1. The lowest BCUT2D eigenvalue weighted by Crippen LogP contribution is -2.44. The maximum Gasteiger partial charge on any atom is 0.514 e. The van der Waals surface area contributed by atoms with Crippen molar-refractivity contribution in [3.8, 4) is 0 Å². The molecule has 2 heterocycles. The minimum Gasteiger partial charge on any atom is -0.398 e. The molecule has 2 aromatic carbocycles. The van der Waals surface area contributed by atoms with Crippen LogP contribution >= 0.6 is 0 Å². The molecule has 0 spiro atoms. The van der Waals surface area contributed by atoms with Gasteiger partial charge in [0.2, 0.25) is 0 Å². The maximum absolute atomic E-state index is 13.8. The average molecular weight is 439 g/mol. The predicted octanol–water partition coefficient (Wildman–Crippen LogP) is 3.77. The van der Waals surface area contributed by atoms with Crippen LogP contribution in [0, 0.1) is 0 Å². The molecule has 31 heavy (non-hydrogen) atoms. The van der Waals surface area contributed by atoms with Gasteiger partial charge >= 0.3 is 7.12 Å². The van der Waals surface area contributed by atoms with Gasteiger partial charge in [0, 0.05) is 17.4 Å². The molecule has 8 heteroatoms. The van der Waals surface area contributed by atoms with E-state index in [1.54, 1.807) is 61.5 Å². The standard InChI is InChI=1S/C23H26BNO5S/c1-6-19(26)20-17-14-10-11-15-18(17)25(31(27,28)16-12-8-7-9-13-16)21(20)24-29-22(2,3)23(4,5)30-24/h7-15H,6H2,1-5H3. The third kappa shape index (κ3) is 3.33. The molecule has 0 amide bonds. The van der Waals surface area contributed by atoms with Gasteiger partial charge in [0.05, 0.1) is 27.2 Å². The average Bonchev–Trinajstić information content (AvgIpc) is 3.19. The molecule has 1 saturated heterocycles. The molecular formula is C23H26BNO5S. The SMILES string of the molecule is CCC(=O)c1c(B2OC(C)(C)C(C)(C)O2)n(S(=O)(=O)c2ccccc2)c2ccccc12. The first-order valence-corrected chi connectivity index (χ1v) is 11.8. The Labute approximate surface area is 183 Å². The second kappa shape index (κ2) is 7.33. The van der Waals surface area contributed by atoms with E-state index in [4.69, 9.17) is 9.31 Å². The summed E-state index contributed by atoms with van der Waals surface area (Å²) in [6.07, 6.45) is 0.228. The zero-order chi connectivity index (χ0) is 22.6. The number of Topliss-reactive ketones (excluding diaryl/α,β-unsaturated/α-hetero) is 1. The van der Waals surface area contributed by atoms with Gasteiger partial charge in [-0.1, -0.05) is 43.3 Å². The van der Waals surface area contributed by atoms with E-state index in [9.17, 15) is 13.2 Å². The Hall–Kier alpha value is -2.42. The van der Waals surface area contributed by atoms with E-state index in [1.165, 1.54) is 3.97 Å². The molecule has 1 aliphatic rings. The molecular weight excluding hydrogens is 413 g/mol. The van der Waals surface area contributed by atoms with Crippen molar-refractivity contribution in [3.63, 3.8) is 0 Å². The minimum atomic E-state index is -4.02. The molecule has 1 fully saturated rings. The second-order valence-electron chi connectivity index (χ2n) is 8.72. The molecule has 1 aromatic heterocycles. The predicted molar refractivity (Wildman–Crippen MR) is 121 cm³/mol. The third-order valence-electron chi connectivity index (χ3n) is 6.23. The van der Waals surface area contributed by atoms with E-state index in [0.717, 1.165) is 0 Å². The molecule has 4 rings (SSSR count). The van der Waals surface area contributed by atoms with Crippen molar-refractivity contribution in [2.24, 2.45) is 0 Å². The molecule has 1 aliphatic heterocycles. The number of aromatic nitrogens is 1.